The van der Waals surface area contributed by atoms with E-state index >= 15 is 0 Å². The number of benzene rings is 1. The topological polar surface area (TPSA) is 60.7 Å². The molecular weight excluding hydrogens is 144 g/mol. The average Bonchev–Trinajstić information content (AvgIpc) is 1.88. The minimum absolute atomic E-state index is 0.0880. The van der Waals surface area contributed by atoms with Crippen LogP contribution in [0.15, 0.2) is 24.3 Å². The Kier molecular flexibility index (Phi) is 4.94. The molecule has 3 nitrogen and oxygen atoms in total. The van der Waals surface area contributed by atoms with Crippen molar-refractivity contribution in [3.05, 3.63) is 24.3 Å². The Hall–Kier alpha value is -1.22. The molecule has 0 atom stereocenters. The summed E-state index contributed by atoms with van der Waals surface area (Å²) in [5.41, 5.74) is 0. The van der Waals surface area contributed by atoms with E-state index in [1.54, 1.807) is 13.0 Å². The molecule has 62 valence electrons. The first-order valence-electron chi connectivity index (χ1n) is 3.29. The van der Waals surface area contributed by atoms with Crippen molar-refractivity contribution < 1.29 is 15.3 Å². The second-order valence-electron chi connectivity index (χ2n) is 1.84. The lowest BCUT2D eigenvalue weighted by atomic mass is 10.3. The van der Waals surface area contributed by atoms with Crippen LogP contribution < -0.4 is 0 Å². The van der Waals surface area contributed by atoms with E-state index in [1.807, 2.05) is 0 Å². The molecule has 0 radical (unpaired) electrons. The van der Waals surface area contributed by atoms with Gasteiger partial charge >= 0.3 is 0 Å². The number of aromatic hydroxyl groups is 2. The van der Waals surface area contributed by atoms with Crippen LogP contribution in [0.4, 0.5) is 0 Å². The lowest BCUT2D eigenvalue weighted by molar-refractivity contribution is 0.318. The molecule has 0 amide bonds. The molecule has 0 aliphatic rings. The van der Waals surface area contributed by atoms with Crippen LogP contribution in [-0.4, -0.2) is 21.9 Å². The summed E-state index contributed by atoms with van der Waals surface area (Å²) in [6, 6.07) is 5.85. The average molecular weight is 156 g/mol. The molecule has 1 rings (SSSR count). The van der Waals surface area contributed by atoms with Crippen LogP contribution in [0.1, 0.15) is 6.92 Å². The number of rotatable bonds is 0. The number of aliphatic hydroxyl groups is 1. The van der Waals surface area contributed by atoms with Crippen molar-refractivity contribution in [3.63, 3.8) is 0 Å². The van der Waals surface area contributed by atoms with E-state index in [9.17, 15) is 0 Å². The van der Waals surface area contributed by atoms with Crippen LogP contribution in [0, 0.1) is 0 Å². The Balaban J connectivity index is 0.000000292. The molecule has 0 fully saturated rings. The molecule has 0 saturated heterocycles. The van der Waals surface area contributed by atoms with Gasteiger partial charge in [0.25, 0.3) is 0 Å². The molecule has 3 N–H and O–H groups in total. The van der Waals surface area contributed by atoms with Crippen molar-refractivity contribution >= 4 is 0 Å². The normalized spacial score (nSPS) is 8.18. The van der Waals surface area contributed by atoms with Crippen LogP contribution in [0.3, 0.4) is 0 Å². The Morgan fingerprint density at radius 3 is 1.73 bits per heavy atom. The molecule has 0 unspecified atom stereocenters. The number of hydrogen-bond acceptors (Lipinski definition) is 3. The molecule has 0 heterocycles. The Morgan fingerprint density at radius 1 is 1.18 bits per heavy atom. The van der Waals surface area contributed by atoms with E-state index < -0.39 is 0 Å². The van der Waals surface area contributed by atoms with E-state index in [2.05, 4.69) is 0 Å². The fourth-order valence-corrected chi connectivity index (χ4v) is 0.493. The van der Waals surface area contributed by atoms with Crippen LogP contribution in [0.5, 0.6) is 11.5 Å². The maximum absolute atomic E-state index is 8.65. The smallest absolute Gasteiger partial charge is 0.119 e. The van der Waals surface area contributed by atoms with Crippen LogP contribution in [-0.2, 0) is 0 Å². The molecule has 11 heavy (non-hydrogen) atoms. The summed E-state index contributed by atoms with van der Waals surface area (Å²) < 4.78 is 0. The summed E-state index contributed by atoms with van der Waals surface area (Å²) in [4.78, 5) is 0. The third-order valence-corrected chi connectivity index (χ3v) is 0.830. The van der Waals surface area contributed by atoms with Gasteiger partial charge in [-0.05, 0) is 19.1 Å². The van der Waals surface area contributed by atoms with Crippen molar-refractivity contribution in [2.75, 3.05) is 6.61 Å². The quantitative estimate of drug-likeness (QED) is 0.527. The van der Waals surface area contributed by atoms with E-state index in [0.717, 1.165) is 0 Å². The Bertz CT molecular complexity index is 181. The molecule has 3 heteroatoms. The van der Waals surface area contributed by atoms with Crippen molar-refractivity contribution in [1.29, 1.82) is 0 Å². The molecular formula is C8H12O3. The standard InChI is InChI=1S/C6H6O2.C2H6O/c7-5-2-1-3-6(8)4-5;1-2-3/h1-4,7-8H;3H,2H2,1H3. The molecule has 0 aliphatic carbocycles. The van der Waals surface area contributed by atoms with Gasteiger partial charge in [-0.2, -0.15) is 0 Å². The first-order valence-corrected chi connectivity index (χ1v) is 3.29. The largest absolute Gasteiger partial charge is 0.508 e. The number of phenols is 2. The zero-order valence-electron chi connectivity index (χ0n) is 6.36. The predicted octanol–water partition coefficient (Wildman–Crippen LogP) is 1.10. The van der Waals surface area contributed by atoms with E-state index in [1.165, 1.54) is 18.2 Å². The van der Waals surface area contributed by atoms with Gasteiger partial charge in [0.05, 0.1) is 0 Å². The van der Waals surface area contributed by atoms with Gasteiger partial charge in [-0.1, -0.05) is 6.07 Å². The van der Waals surface area contributed by atoms with Gasteiger partial charge in [0, 0.05) is 12.7 Å². The van der Waals surface area contributed by atoms with Crippen molar-refractivity contribution in [2.24, 2.45) is 0 Å². The molecule has 1 aromatic carbocycles. The zero-order valence-corrected chi connectivity index (χ0v) is 6.36. The highest BCUT2D eigenvalue weighted by Crippen LogP contribution is 2.14. The van der Waals surface area contributed by atoms with Crippen LogP contribution >= 0.6 is 0 Å². The lowest BCUT2D eigenvalue weighted by Crippen LogP contribution is -1.61. The maximum atomic E-state index is 8.65. The van der Waals surface area contributed by atoms with Gasteiger partial charge in [-0.15, -0.1) is 0 Å². The van der Waals surface area contributed by atoms with Gasteiger partial charge in [-0.3, -0.25) is 0 Å². The van der Waals surface area contributed by atoms with E-state index in [4.69, 9.17) is 15.3 Å². The second kappa shape index (κ2) is 5.56. The highest BCUT2D eigenvalue weighted by atomic mass is 16.3. The molecule has 0 aliphatic heterocycles. The highest BCUT2D eigenvalue weighted by molar-refractivity contribution is 5.30. The number of aliphatic hydroxyl groups excluding tert-OH is 1. The summed E-state index contributed by atoms with van der Waals surface area (Å²) in [6.07, 6.45) is 0. The monoisotopic (exact) mass is 156 g/mol. The van der Waals surface area contributed by atoms with Crippen LogP contribution in [0.2, 0.25) is 0 Å². The first kappa shape index (κ1) is 9.78. The second-order valence-corrected chi connectivity index (χ2v) is 1.84. The third-order valence-electron chi connectivity index (χ3n) is 0.830. The summed E-state index contributed by atoms with van der Waals surface area (Å²) in [6.45, 7) is 1.93. The van der Waals surface area contributed by atoms with Gasteiger partial charge in [-0.25, -0.2) is 0 Å². The van der Waals surface area contributed by atoms with Gasteiger partial charge in [0.2, 0.25) is 0 Å². The SMILES string of the molecule is CCO.Oc1cccc(O)c1. The molecule has 0 aromatic heterocycles. The minimum atomic E-state index is 0.0880. The first-order chi connectivity index (χ1) is 5.20. The summed E-state index contributed by atoms with van der Waals surface area (Å²) in [5.74, 6) is 0.176. The predicted molar refractivity (Wildman–Crippen MR) is 42.5 cm³/mol. The van der Waals surface area contributed by atoms with E-state index in [-0.39, 0.29) is 18.1 Å². The van der Waals surface area contributed by atoms with Crippen molar-refractivity contribution in [1.82, 2.24) is 0 Å². The Morgan fingerprint density at radius 2 is 1.55 bits per heavy atom. The molecule has 0 saturated carbocycles. The highest BCUT2D eigenvalue weighted by Gasteiger charge is 1.85. The lowest BCUT2D eigenvalue weighted by Gasteiger charge is -1.89. The summed E-state index contributed by atoms with van der Waals surface area (Å²) >= 11 is 0. The van der Waals surface area contributed by atoms with E-state index in [0.29, 0.717) is 0 Å². The van der Waals surface area contributed by atoms with Gasteiger partial charge in [0.15, 0.2) is 0 Å². The molecule has 0 spiro atoms. The number of hydrogen-bond donors (Lipinski definition) is 3. The van der Waals surface area contributed by atoms with Gasteiger partial charge in [0.1, 0.15) is 11.5 Å². The minimum Gasteiger partial charge on any atom is -0.508 e. The Labute approximate surface area is 65.5 Å². The van der Waals surface area contributed by atoms with Crippen molar-refractivity contribution in [3.8, 4) is 11.5 Å². The van der Waals surface area contributed by atoms with Crippen molar-refractivity contribution in [2.45, 2.75) is 6.92 Å². The van der Waals surface area contributed by atoms with Crippen LogP contribution in [0.25, 0.3) is 0 Å². The molecule has 1 aromatic rings. The zero-order chi connectivity index (χ0) is 8.69. The summed E-state index contributed by atoms with van der Waals surface area (Å²) in [5, 5.41) is 24.9. The fraction of sp³-hybridized carbons (Fsp3) is 0.250. The third kappa shape index (κ3) is 5.24. The maximum Gasteiger partial charge on any atom is 0.119 e. The molecule has 0 bridgehead atoms. The summed E-state index contributed by atoms with van der Waals surface area (Å²) in [7, 11) is 0. The number of phenolic OH excluding ortho intramolecular Hbond substituents is 2. The fourth-order valence-electron chi connectivity index (χ4n) is 0.493. The van der Waals surface area contributed by atoms with Gasteiger partial charge < -0.3 is 15.3 Å².